The van der Waals surface area contributed by atoms with Gasteiger partial charge in [0.25, 0.3) is 5.91 Å². The predicted octanol–water partition coefficient (Wildman–Crippen LogP) is 5.69. The van der Waals surface area contributed by atoms with Crippen LogP contribution in [0.2, 0.25) is 0 Å². The quantitative estimate of drug-likeness (QED) is 0.417. The molecule has 2 amide bonds. The summed E-state index contributed by atoms with van der Waals surface area (Å²) in [5.41, 5.74) is 0.0770. The smallest absolute Gasteiger partial charge is 0.416 e. The fraction of sp³-hybridized carbons (Fsp3) is 0.208. The molecular weight excluding hydrogens is 469 g/mol. The van der Waals surface area contributed by atoms with Gasteiger partial charge in [-0.25, -0.2) is 4.79 Å². The maximum absolute atomic E-state index is 13.0. The molecule has 0 unspecified atom stereocenters. The van der Waals surface area contributed by atoms with Crippen molar-refractivity contribution in [2.75, 3.05) is 17.2 Å². The number of anilines is 2. The molecule has 0 fully saturated rings. The zero-order chi connectivity index (χ0) is 24.9. The van der Waals surface area contributed by atoms with Crippen molar-refractivity contribution in [3.63, 3.8) is 0 Å². The number of ether oxygens (including phenoxy) is 1. The molecule has 0 aliphatic heterocycles. The third kappa shape index (κ3) is 6.02. The van der Waals surface area contributed by atoms with E-state index in [-0.39, 0.29) is 39.7 Å². The highest BCUT2D eigenvalue weighted by atomic mass is 32.1. The monoisotopic (exact) mass is 490 g/mol. The van der Waals surface area contributed by atoms with Gasteiger partial charge in [-0.2, -0.15) is 13.2 Å². The lowest BCUT2D eigenvalue weighted by atomic mass is 10.1. The summed E-state index contributed by atoms with van der Waals surface area (Å²) < 4.78 is 44.0. The number of esters is 1. The number of nitrogens with one attached hydrogen (secondary N) is 2. The minimum absolute atomic E-state index is 0.0300. The SMILES string of the molecule is CCOC(=O)c1c(NC(=O)Cc2ccccc2)sc(C(=O)Nc2cccc(C(F)(F)F)c2)c1C. The molecule has 0 bridgehead atoms. The third-order valence-corrected chi connectivity index (χ3v) is 5.95. The molecular formula is C24H21F3N2O4S. The molecule has 3 aromatic rings. The van der Waals surface area contributed by atoms with Crippen LogP contribution in [-0.2, 0) is 22.1 Å². The highest BCUT2D eigenvalue weighted by molar-refractivity contribution is 7.18. The second kappa shape index (κ2) is 10.5. The molecule has 0 spiro atoms. The molecule has 1 heterocycles. The van der Waals surface area contributed by atoms with Gasteiger partial charge in [0.1, 0.15) is 5.00 Å². The molecule has 2 aromatic carbocycles. The fourth-order valence-electron chi connectivity index (χ4n) is 3.18. The van der Waals surface area contributed by atoms with Crippen LogP contribution in [0.25, 0.3) is 0 Å². The van der Waals surface area contributed by atoms with Gasteiger partial charge in [0.2, 0.25) is 5.91 Å². The van der Waals surface area contributed by atoms with Crippen LogP contribution in [0.4, 0.5) is 23.9 Å². The van der Waals surface area contributed by atoms with Crippen molar-refractivity contribution in [3.8, 4) is 0 Å². The number of carbonyl (C=O) groups excluding carboxylic acids is 3. The van der Waals surface area contributed by atoms with E-state index in [1.165, 1.54) is 19.1 Å². The lowest BCUT2D eigenvalue weighted by molar-refractivity contribution is -0.137. The first-order chi connectivity index (χ1) is 16.1. The Morgan fingerprint density at radius 2 is 1.71 bits per heavy atom. The van der Waals surface area contributed by atoms with Crippen molar-refractivity contribution < 1.29 is 32.3 Å². The van der Waals surface area contributed by atoms with E-state index in [0.717, 1.165) is 29.0 Å². The zero-order valence-electron chi connectivity index (χ0n) is 18.3. The van der Waals surface area contributed by atoms with Crippen LogP contribution in [0.5, 0.6) is 0 Å². The normalized spacial score (nSPS) is 11.1. The maximum Gasteiger partial charge on any atom is 0.416 e. The Labute approximate surface area is 197 Å². The Balaban J connectivity index is 1.88. The van der Waals surface area contributed by atoms with Crippen LogP contribution in [0.1, 0.15) is 43.6 Å². The molecule has 3 rings (SSSR count). The number of amides is 2. The minimum Gasteiger partial charge on any atom is -0.462 e. The lowest BCUT2D eigenvalue weighted by Crippen LogP contribution is -2.16. The number of carbonyl (C=O) groups is 3. The molecule has 0 radical (unpaired) electrons. The fourth-order valence-corrected chi connectivity index (χ4v) is 4.29. The number of alkyl halides is 3. The van der Waals surface area contributed by atoms with Crippen molar-refractivity contribution in [1.82, 2.24) is 0 Å². The summed E-state index contributed by atoms with van der Waals surface area (Å²) in [5, 5.41) is 5.21. The molecule has 0 aliphatic rings. The standard InChI is InChI=1S/C24H21F3N2O4S/c1-3-33-23(32)19-14(2)20(21(31)28-17-11-7-10-16(13-17)24(25,26)27)34-22(19)29-18(30)12-15-8-5-4-6-9-15/h4-11,13H,3,12H2,1-2H3,(H,28,31)(H,29,30). The Morgan fingerprint density at radius 1 is 1.00 bits per heavy atom. The molecule has 1 aromatic heterocycles. The number of benzene rings is 2. The van der Waals surface area contributed by atoms with E-state index >= 15 is 0 Å². The van der Waals surface area contributed by atoms with Crippen molar-refractivity contribution >= 4 is 39.8 Å². The van der Waals surface area contributed by atoms with E-state index in [4.69, 9.17) is 4.74 Å². The Morgan fingerprint density at radius 3 is 2.35 bits per heavy atom. The first kappa shape index (κ1) is 25.0. The number of hydrogen-bond acceptors (Lipinski definition) is 5. The maximum atomic E-state index is 13.0. The van der Waals surface area contributed by atoms with E-state index in [1.807, 2.05) is 6.07 Å². The molecule has 2 N–H and O–H groups in total. The summed E-state index contributed by atoms with van der Waals surface area (Å²) in [7, 11) is 0. The van der Waals surface area contributed by atoms with E-state index in [1.54, 1.807) is 31.2 Å². The second-order valence-electron chi connectivity index (χ2n) is 7.22. The topological polar surface area (TPSA) is 84.5 Å². The zero-order valence-corrected chi connectivity index (χ0v) is 19.1. The summed E-state index contributed by atoms with van der Waals surface area (Å²) in [6.45, 7) is 3.21. The van der Waals surface area contributed by atoms with E-state index in [2.05, 4.69) is 10.6 Å². The van der Waals surface area contributed by atoms with Crippen LogP contribution < -0.4 is 10.6 Å². The second-order valence-corrected chi connectivity index (χ2v) is 8.24. The summed E-state index contributed by atoms with van der Waals surface area (Å²) in [6.07, 6.45) is -4.52. The molecule has 6 nitrogen and oxygen atoms in total. The van der Waals surface area contributed by atoms with Crippen molar-refractivity contribution in [2.45, 2.75) is 26.4 Å². The Kier molecular flexibility index (Phi) is 7.72. The first-order valence-corrected chi connectivity index (χ1v) is 11.0. The van der Waals surface area contributed by atoms with Crippen molar-refractivity contribution in [2.24, 2.45) is 0 Å². The summed E-state index contributed by atoms with van der Waals surface area (Å²) in [5.74, 6) is -1.83. The van der Waals surface area contributed by atoms with Crippen LogP contribution >= 0.6 is 11.3 Å². The van der Waals surface area contributed by atoms with Crippen LogP contribution in [-0.4, -0.2) is 24.4 Å². The van der Waals surface area contributed by atoms with E-state index in [0.29, 0.717) is 0 Å². The molecule has 0 saturated heterocycles. The molecule has 34 heavy (non-hydrogen) atoms. The largest absolute Gasteiger partial charge is 0.462 e. The van der Waals surface area contributed by atoms with Crippen LogP contribution in [0.3, 0.4) is 0 Å². The van der Waals surface area contributed by atoms with Gasteiger partial charge >= 0.3 is 12.1 Å². The highest BCUT2D eigenvalue weighted by Gasteiger charge is 2.31. The number of thiophene rings is 1. The van der Waals surface area contributed by atoms with Gasteiger partial charge in [-0.15, -0.1) is 11.3 Å². The summed E-state index contributed by atoms with van der Waals surface area (Å²) >= 11 is 0.849. The van der Waals surface area contributed by atoms with Crippen LogP contribution in [0.15, 0.2) is 54.6 Å². The Hall–Kier alpha value is -3.66. The lowest BCUT2D eigenvalue weighted by Gasteiger charge is -2.09. The average Bonchev–Trinajstić information content (AvgIpc) is 3.10. The minimum atomic E-state index is -4.56. The molecule has 10 heteroatoms. The summed E-state index contributed by atoms with van der Waals surface area (Å²) in [4.78, 5) is 38.1. The Bertz CT molecular complexity index is 1210. The number of hydrogen-bond donors (Lipinski definition) is 2. The van der Waals surface area contributed by atoms with Crippen molar-refractivity contribution in [1.29, 1.82) is 0 Å². The third-order valence-electron chi connectivity index (χ3n) is 4.74. The highest BCUT2D eigenvalue weighted by Crippen LogP contribution is 2.35. The van der Waals surface area contributed by atoms with Crippen molar-refractivity contribution in [3.05, 3.63) is 81.7 Å². The van der Waals surface area contributed by atoms with Gasteiger partial charge in [-0.05, 0) is 43.2 Å². The predicted molar refractivity (Wildman–Crippen MR) is 123 cm³/mol. The van der Waals surface area contributed by atoms with E-state index in [9.17, 15) is 27.6 Å². The van der Waals surface area contributed by atoms with E-state index < -0.39 is 29.5 Å². The van der Waals surface area contributed by atoms with Gasteiger partial charge in [0.15, 0.2) is 0 Å². The van der Waals surface area contributed by atoms with Gasteiger partial charge in [0, 0.05) is 5.69 Å². The van der Waals surface area contributed by atoms with Crippen LogP contribution in [0, 0.1) is 6.92 Å². The molecule has 0 atom stereocenters. The van der Waals surface area contributed by atoms with Gasteiger partial charge in [-0.1, -0.05) is 36.4 Å². The van der Waals surface area contributed by atoms with Gasteiger partial charge < -0.3 is 15.4 Å². The summed E-state index contributed by atoms with van der Waals surface area (Å²) in [6, 6.07) is 13.2. The van der Waals surface area contributed by atoms with Gasteiger partial charge in [0.05, 0.1) is 29.0 Å². The molecule has 178 valence electrons. The average molecular weight is 491 g/mol. The van der Waals surface area contributed by atoms with Gasteiger partial charge in [-0.3, -0.25) is 9.59 Å². The first-order valence-electron chi connectivity index (χ1n) is 10.2. The number of halogens is 3. The molecule has 0 aliphatic carbocycles. The number of rotatable bonds is 7. The molecule has 0 saturated carbocycles.